The van der Waals surface area contributed by atoms with Gasteiger partial charge in [0.25, 0.3) is 5.91 Å². The fourth-order valence-corrected chi connectivity index (χ4v) is 4.36. The number of carbonyl (C=O) groups is 1. The molecule has 7 nitrogen and oxygen atoms in total. The molecule has 1 amide bonds. The van der Waals surface area contributed by atoms with Crippen LogP contribution in [0.1, 0.15) is 30.7 Å². The minimum atomic E-state index is -0.172. The Balaban J connectivity index is 1.55. The molecule has 1 saturated heterocycles. The Bertz CT molecular complexity index is 1310. The van der Waals surface area contributed by atoms with E-state index in [-0.39, 0.29) is 12.5 Å². The summed E-state index contributed by atoms with van der Waals surface area (Å²) in [5.74, 6) is 2.16. The second kappa shape index (κ2) is 12.8. The third-order valence-corrected chi connectivity index (χ3v) is 6.22. The lowest BCUT2D eigenvalue weighted by Gasteiger charge is -2.13. The van der Waals surface area contributed by atoms with Crippen LogP contribution < -0.4 is 9.47 Å². The monoisotopic (exact) mass is 515 g/mol. The van der Waals surface area contributed by atoms with Gasteiger partial charge in [-0.25, -0.2) is 0 Å². The molecule has 0 saturated carbocycles. The number of benzene rings is 2. The standard InChI is InChI=1S/C29H29N3O4S/c1-21(2)20-36-25-14-13-23(17-26(25)34-3)18-27-28(33)32(19-24-12-8-16-35-24)29(37-27)31-30-15-7-11-22-9-5-4-6-10-22/h4-18,21H,19-20H2,1-3H3/b11-7+,27-18-,30-15+,31-29-. The number of allylic oxidation sites excluding steroid dienone is 1. The molecule has 2 heterocycles. The molecule has 0 atom stereocenters. The third-order valence-electron chi connectivity index (χ3n) is 5.22. The average molecular weight is 516 g/mol. The van der Waals surface area contributed by atoms with Crippen molar-refractivity contribution in [1.82, 2.24) is 4.90 Å². The van der Waals surface area contributed by atoms with Crippen LogP contribution in [0.3, 0.4) is 0 Å². The van der Waals surface area contributed by atoms with E-state index in [0.717, 1.165) is 11.1 Å². The van der Waals surface area contributed by atoms with Crippen molar-refractivity contribution in [1.29, 1.82) is 0 Å². The van der Waals surface area contributed by atoms with Crippen molar-refractivity contribution in [2.75, 3.05) is 13.7 Å². The van der Waals surface area contributed by atoms with Crippen LogP contribution >= 0.6 is 11.8 Å². The number of ether oxygens (including phenoxy) is 2. The molecule has 190 valence electrons. The topological polar surface area (TPSA) is 76.6 Å². The highest BCUT2D eigenvalue weighted by molar-refractivity contribution is 8.18. The number of carbonyl (C=O) groups excluding carboxylic acids is 1. The summed E-state index contributed by atoms with van der Waals surface area (Å²) < 4.78 is 16.8. The van der Waals surface area contributed by atoms with Gasteiger partial charge in [0.15, 0.2) is 16.7 Å². The van der Waals surface area contributed by atoms with E-state index >= 15 is 0 Å². The van der Waals surface area contributed by atoms with Crippen LogP contribution in [0.4, 0.5) is 0 Å². The summed E-state index contributed by atoms with van der Waals surface area (Å²) in [6, 6.07) is 19.1. The summed E-state index contributed by atoms with van der Waals surface area (Å²) in [6.45, 7) is 5.03. The summed E-state index contributed by atoms with van der Waals surface area (Å²) >= 11 is 1.27. The van der Waals surface area contributed by atoms with Crippen molar-refractivity contribution < 1.29 is 18.7 Å². The third kappa shape index (κ3) is 7.24. The highest BCUT2D eigenvalue weighted by Crippen LogP contribution is 2.35. The van der Waals surface area contributed by atoms with Crippen LogP contribution in [0.15, 0.2) is 92.5 Å². The van der Waals surface area contributed by atoms with Gasteiger partial charge in [-0.15, -0.1) is 5.10 Å². The molecule has 4 rings (SSSR count). The number of thioether (sulfide) groups is 1. The van der Waals surface area contributed by atoms with Crippen molar-refractivity contribution in [2.45, 2.75) is 20.4 Å². The largest absolute Gasteiger partial charge is 0.493 e. The van der Waals surface area contributed by atoms with Gasteiger partial charge in [-0.1, -0.05) is 56.3 Å². The maximum Gasteiger partial charge on any atom is 0.267 e. The lowest BCUT2D eigenvalue weighted by molar-refractivity contribution is -0.122. The first kappa shape index (κ1) is 26.0. The molecule has 0 aliphatic carbocycles. The SMILES string of the molecule is COc1cc(/C=C2\S\C(=N/N=C/C=C/c3ccccc3)N(Cc3ccco3)C2=O)ccc1OCC(C)C. The zero-order chi connectivity index (χ0) is 26.0. The Labute approximate surface area is 221 Å². The number of methoxy groups -OCH3 is 1. The lowest BCUT2D eigenvalue weighted by Crippen LogP contribution is -2.28. The second-order valence-electron chi connectivity index (χ2n) is 8.61. The molecule has 37 heavy (non-hydrogen) atoms. The minimum Gasteiger partial charge on any atom is -0.493 e. The smallest absolute Gasteiger partial charge is 0.267 e. The van der Waals surface area contributed by atoms with Gasteiger partial charge in [-0.3, -0.25) is 9.69 Å². The summed E-state index contributed by atoms with van der Waals surface area (Å²) in [5, 5.41) is 8.96. The van der Waals surface area contributed by atoms with E-state index in [4.69, 9.17) is 13.9 Å². The lowest BCUT2D eigenvalue weighted by atomic mass is 10.1. The molecule has 0 N–H and O–H groups in total. The fraction of sp³-hybridized carbons (Fsp3) is 0.207. The van der Waals surface area contributed by atoms with E-state index in [1.807, 2.05) is 72.8 Å². The number of rotatable bonds is 10. The quantitative estimate of drug-likeness (QED) is 0.175. The first-order valence-corrected chi connectivity index (χ1v) is 12.7. The molecule has 0 bridgehead atoms. The predicted octanol–water partition coefficient (Wildman–Crippen LogP) is 6.49. The molecule has 3 aromatic rings. The van der Waals surface area contributed by atoms with Gasteiger partial charge in [0.05, 0.1) is 31.4 Å². The normalized spacial score (nSPS) is 16.2. The number of amidine groups is 1. The summed E-state index contributed by atoms with van der Waals surface area (Å²) in [7, 11) is 1.60. The molecule has 1 aliphatic rings. The molecule has 2 aromatic carbocycles. The second-order valence-corrected chi connectivity index (χ2v) is 9.62. The number of furan rings is 1. The fourth-order valence-electron chi connectivity index (χ4n) is 3.42. The maximum absolute atomic E-state index is 13.3. The summed E-state index contributed by atoms with van der Waals surface area (Å²) in [4.78, 5) is 15.4. The molecule has 1 aromatic heterocycles. The molecular weight excluding hydrogens is 486 g/mol. The highest BCUT2D eigenvalue weighted by atomic mass is 32.2. The zero-order valence-corrected chi connectivity index (χ0v) is 21.9. The Morgan fingerprint density at radius 2 is 1.89 bits per heavy atom. The summed E-state index contributed by atoms with van der Waals surface area (Å²) in [5.41, 5.74) is 1.88. The zero-order valence-electron chi connectivity index (χ0n) is 21.0. The Morgan fingerprint density at radius 1 is 1.05 bits per heavy atom. The van der Waals surface area contributed by atoms with Crippen molar-refractivity contribution in [2.24, 2.45) is 16.1 Å². The number of amides is 1. The van der Waals surface area contributed by atoms with Crippen LogP contribution in [-0.4, -0.2) is 35.9 Å². The van der Waals surface area contributed by atoms with Gasteiger partial charge < -0.3 is 13.9 Å². The van der Waals surface area contributed by atoms with Crippen molar-refractivity contribution in [3.05, 3.63) is 94.8 Å². The maximum atomic E-state index is 13.3. The molecule has 1 aliphatic heterocycles. The molecular formula is C29H29N3O4S. The van der Waals surface area contributed by atoms with Gasteiger partial charge in [0.1, 0.15) is 5.76 Å². The van der Waals surface area contributed by atoms with Gasteiger partial charge in [-0.2, -0.15) is 5.10 Å². The molecule has 0 spiro atoms. The van der Waals surface area contributed by atoms with Crippen molar-refractivity contribution in [3.8, 4) is 11.5 Å². The molecule has 0 unspecified atom stereocenters. The van der Waals surface area contributed by atoms with E-state index in [1.54, 1.807) is 30.6 Å². The Hall–Kier alpha value is -4.04. The molecule has 8 heteroatoms. The van der Waals surface area contributed by atoms with Crippen LogP contribution in [-0.2, 0) is 11.3 Å². The first-order chi connectivity index (χ1) is 18.0. The van der Waals surface area contributed by atoms with Gasteiger partial charge >= 0.3 is 0 Å². The summed E-state index contributed by atoms with van der Waals surface area (Å²) in [6.07, 6.45) is 8.74. The predicted molar refractivity (Wildman–Crippen MR) is 150 cm³/mol. The van der Waals surface area contributed by atoms with Crippen LogP contribution in [0.25, 0.3) is 12.2 Å². The average Bonchev–Trinajstić information content (AvgIpc) is 3.52. The van der Waals surface area contributed by atoms with Crippen LogP contribution in [0, 0.1) is 5.92 Å². The van der Waals surface area contributed by atoms with E-state index in [1.165, 1.54) is 11.8 Å². The highest BCUT2D eigenvalue weighted by Gasteiger charge is 2.34. The van der Waals surface area contributed by atoms with Gasteiger partial charge in [0.2, 0.25) is 0 Å². The van der Waals surface area contributed by atoms with E-state index in [0.29, 0.717) is 39.9 Å². The molecule has 0 radical (unpaired) electrons. The molecule has 1 fully saturated rings. The van der Waals surface area contributed by atoms with E-state index in [2.05, 4.69) is 24.1 Å². The van der Waals surface area contributed by atoms with Crippen LogP contribution in [0.5, 0.6) is 11.5 Å². The number of nitrogens with zero attached hydrogens (tertiary/aromatic N) is 3. The van der Waals surface area contributed by atoms with Gasteiger partial charge in [-0.05, 0) is 65.2 Å². The first-order valence-electron chi connectivity index (χ1n) is 11.9. The van der Waals surface area contributed by atoms with Crippen molar-refractivity contribution in [3.63, 3.8) is 0 Å². The Kier molecular flexibility index (Phi) is 8.99. The van der Waals surface area contributed by atoms with Crippen LogP contribution in [0.2, 0.25) is 0 Å². The Morgan fingerprint density at radius 3 is 2.62 bits per heavy atom. The van der Waals surface area contributed by atoms with E-state index < -0.39 is 0 Å². The number of hydrogen-bond donors (Lipinski definition) is 0. The van der Waals surface area contributed by atoms with E-state index in [9.17, 15) is 4.79 Å². The number of hydrogen-bond acceptors (Lipinski definition) is 7. The van der Waals surface area contributed by atoms with Gasteiger partial charge in [0, 0.05) is 6.21 Å². The minimum absolute atomic E-state index is 0.172. The van der Waals surface area contributed by atoms with Crippen molar-refractivity contribution >= 4 is 41.2 Å².